The molecule has 2 heterocycles. The Bertz CT molecular complexity index is 745. The van der Waals surface area contributed by atoms with Crippen LogP contribution in [-0.4, -0.2) is 9.78 Å². The number of hydrogen-bond acceptors (Lipinski definition) is 3. The molecule has 0 aliphatic carbocycles. The molecule has 3 aromatic rings. The van der Waals surface area contributed by atoms with Crippen LogP contribution in [0.4, 0.5) is 4.39 Å². The molecule has 1 atom stereocenters. The van der Waals surface area contributed by atoms with Crippen molar-refractivity contribution in [2.45, 2.75) is 19.5 Å². The largest absolute Gasteiger partial charge is 0.301 e. The van der Waals surface area contributed by atoms with Crippen molar-refractivity contribution in [1.29, 1.82) is 0 Å². The van der Waals surface area contributed by atoms with E-state index in [0.717, 1.165) is 17.7 Å². The molecule has 0 amide bonds. The van der Waals surface area contributed by atoms with Crippen molar-refractivity contribution in [2.75, 3.05) is 0 Å². The zero-order valence-electron chi connectivity index (χ0n) is 12.6. The molecule has 114 valence electrons. The van der Waals surface area contributed by atoms with Crippen molar-refractivity contribution in [3.63, 3.8) is 0 Å². The third kappa shape index (κ3) is 3.43. The number of hydrogen-bond donors (Lipinski definition) is 1. The average molecular weight is 315 g/mol. The maximum absolute atomic E-state index is 13.2. The van der Waals surface area contributed by atoms with Crippen molar-refractivity contribution in [2.24, 2.45) is 7.05 Å². The highest BCUT2D eigenvalue weighted by Crippen LogP contribution is 2.23. The molecule has 2 aromatic heterocycles. The van der Waals surface area contributed by atoms with Gasteiger partial charge in [0.1, 0.15) is 5.82 Å². The SMILES string of the molecule is Cc1ccc(CN[C@H](c2ccc(F)cc2)c2cnn(C)c2)s1. The van der Waals surface area contributed by atoms with E-state index in [1.54, 1.807) is 16.0 Å². The molecule has 0 aliphatic rings. The van der Waals surface area contributed by atoms with Crippen LogP contribution in [0.2, 0.25) is 0 Å². The Morgan fingerprint density at radius 2 is 1.95 bits per heavy atom. The number of benzene rings is 1. The average Bonchev–Trinajstić information content (AvgIpc) is 3.10. The molecule has 0 fully saturated rings. The van der Waals surface area contributed by atoms with Crippen molar-refractivity contribution < 1.29 is 4.39 Å². The molecule has 0 unspecified atom stereocenters. The quantitative estimate of drug-likeness (QED) is 0.776. The molecule has 5 heteroatoms. The second-order valence-electron chi connectivity index (χ2n) is 5.33. The molecule has 1 aromatic carbocycles. The van der Waals surface area contributed by atoms with E-state index < -0.39 is 0 Å². The summed E-state index contributed by atoms with van der Waals surface area (Å²) >= 11 is 1.78. The van der Waals surface area contributed by atoms with E-state index in [9.17, 15) is 4.39 Å². The lowest BCUT2D eigenvalue weighted by Crippen LogP contribution is -2.21. The molecule has 0 saturated carbocycles. The lowest BCUT2D eigenvalue weighted by Gasteiger charge is -2.17. The second-order valence-corrected chi connectivity index (χ2v) is 6.70. The molecule has 3 nitrogen and oxygen atoms in total. The summed E-state index contributed by atoms with van der Waals surface area (Å²) in [4.78, 5) is 2.59. The van der Waals surface area contributed by atoms with Gasteiger partial charge in [-0.25, -0.2) is 4.39 Å². The van der Waals surface area contributed by atoms with Gasteiger partial charge in [0.25, 0.3) is 0 Å². The van der Waals surface area contributed by atoms with Crippen LogP contribution in [0.25, 0.3) is 0 Å². The highest BCUT2D eigenvalue weighted by Gasteiger charge is 2.15. The number of nitrogens with one attached hydrogen (secondary N) is 1. The predicted octanol–water partition coefficient (Wildman–Crippen LogP) is 3.81. The Labute approximate surface area is 133 Å². The number of thiophene rings is 1. The van der Waals surface area contributed by atoms with Gasteiger partial charge in [-0.1, -0.05) is 12.1 Å². The van der Waals surface area contributed by atoms with Gasteiger partial charge in [0, 0.05) is 35.1 Å². The summed E-state index contributed by atoms with van der Waals surface area (Å²) in [6, 6.07) is 10.9. The summed E-state index contributed by atoms with van der Waals surface area (Å²) in [6.45, 7) is 2.88. The molecular weight excluding hydrogens is 297 g/mol. The minimum atomic E-state index is -0.220. The predicted molar refractivity (Wildman–Crippen MR) is 87.3 cm³/mol. The number of nitrogens with zero attached hydrogens (tertiary/aromatic N) is 2. The summed E-state index contributed by atoms with van der Waals surface area (Å²) in [5.41, 5.74) is 2.10. The first kappa shape index (κ1) is 14.9. The summed E-state index contributed by atoms with van der Waals surface area (Å²) in [5, 5.41) is 7.79. The Morgan fingerprint density at radius 3 is 2.55 bits per heavy atom. The highest BCUT2D eigenvalue weighted by atomic mass is 32.1. The van der Waals surface area contributed by atoms with E-state index in [0.29, 0.717) is 0 Å². The molecule has 0 radical (unpaired) electrons. The van der Waals surface area contributed by atoms with E-state index in [1.807, 2.05) is 31.6 Å². The van der Waals surface area contributed by atoms with Gasteiger partial charge in [-0.3, -0.25) is 4.68 Å². The van der Waals surface area contributed by atoms with Crippen LogP contribution in [0.3, 0.4) is 0 Å². The van der Waals surface area contributed by atoms with E-state index >= 15 is 0 Å². The Kier molecular flexibility index (Phi) is 4.36. The molecule has 0 spiro atoms. The Hall–Kier alpha value is -1.98. The molecular formula is C17H18FN3S. The van der Waals surface area contributed by atoms with Gasteiger partial charge in [0.15, 0.2) is 0 Å². The van der Waals surface area contributed by atoms with E-state index in [1.165, 1.54) is 21.9 Å². The maximum Gasteiger partial charge on any atom is 0.123 e. The smallest absolute Gasteiger partial charge is 0.123 e. The van der Waals surface area contributed by atoms with Gasteiger partial charge in [-0.2, -0.15) is 5.10 Å². The summed E-state index contributed by atoms with van der Waals surface area (Å²) in [5.74, 6) is -0.220. The number of rotatable bonds is 5. The summed E-state index contributed by atoms with van der Waals surface area (Å²) in [7, 11) is 1.90. The van der Waals surface area contributed by atoms with Gasteiger partial charge in [-0.05, 0) is 36.8 Å². The Morgan fingerprint density at radius 1 is 1.18 bits per heavy atom. The minimum Gasteiger partial charge on any atom is -0.301 e. The number of aryl methyl sites for hydroxylation is 2. The normalized spacial score (nSPS) is 12.5. The van der Waals surface area contributed by atoms with Crippen LogP contribution < -0.4 is 5.32 Å². The van der Waals surface area contributed by atoms with Crippen LogP contribution in [0, 0.1) is 12.7 Å². The van der Waals surface area contributed by atoms with Crippen LogP contribution in [0.5, 0.6) is 0 Å². The molecule has 0 bridgehead atoms. The topological polar surface area (TPSA) is 29.9 Å². The fraction of sp³-hybridized carbons (Fsp3) is 0.235. The van der Waals surface area contributed by atoms with Crippen LogP contribution in [-0.2, 0) is 13.6 Å². The van der Waals surface area contributed by atoms with Gasteiger partial charge in [0.2, 0.25) is 0 Å². The van der Waals surface area contributed by atoms with E-state index in [2.05, 4.69) is 29.5 Å². The van der Waals surface area contributed by atoms with Crippen molar-refractivity contribution in [3.05, 3.63) is 75.5 Å². The van der Waals surface area contributed by atoms with Crippen LogP contribution in [0.15, 0.2) is 48.8 Å². The molecule has 3 rings (SSSR count). The molecule has 22 heavy (non-hydrogen) atoms. The fourth-order valence-corrected chi connectivity index (χ4v) is 3.30. The van der Waals surface area contributed by atoms with E-state index in [-0.39, 0.29) is 11.9 Å². The first-order valence-corrected chi connectivity index (χ1v) is 7.96. The van der Waals surface area contributed by atoms with Crippen molar-refractivity contribution in [3.8, 4) is 0 Å². The lowest BCUT2D eigenvalue weighted by atomic mass is 10.0. The number of halogens is 1. The van der Waals surface area contributed by atoms with Gasteiger partial charge < -0.3 is 5.32 Å². The second kappa shape index (κ2) is 6.42. The molecule has 1 N–H and O–H groups in total. The van der Waals surface area contributed by atoms with E-state index in [4.69, 9.17) is 0 Å². The fourth-order valence-electron chi connectivity index (χ4n) is 2.46. The molecule has 0 saturated heterocycles. The van der Waals surface area contributed by atoms with Crippen LogP contribution in [0.1, 0.15) is 26.9 Å². The Balaban J connectivity index is 1.84. The van der Waals surface area contributed by atoms with Gasteiger partial charge in [0.05, 0.1) is 12.2 Å². The summed E-state index contributed by atoms with van der Waals surface area (Å²) in [6.07, 6.45) is 3.83. The zero-order valence-corrected chi connectivity index (χ0v) is 13.4. The number of aromatic nitrogens is 2. The maximum atomic E-state index is 13.2. The molecule has 0 aliphatic heterocycles. The third-order valence-corrected chi connectivity index (χ3v) is 4.54. The van der Waals surface area contributed by atoms with Crippen LogP contribution >= 0.6 is 11.3 Å². The monoisotopic (exact) mass is 315 g/mol. The first-order chi connectivity index (χ1) is 10.6. The van der Waals surface area contributed by atoms with Crippen molar-refractivity contribution >= 4 is 11.3 Å². The van der Waals surface area contributed by atoms with Crippen molar-refractivity contribution in [1.82, 2.24) is 15.1 Å². The highest BCUT2D eigenvalue weighted by molar-refractivity contribution is 7.11. The standard InChI is InChI=1S/C17H18FN3S/c1-12-3-8-16(22-12)10-19-17(14-9-20-21(2)11-14)13-4-6-15(18)7-5-13/h3-9,11,17,19H,10H2,1-2H3/t17-/m1/s1. The van der Waals surface area contributed by atoms with Gasteiger partial charge in [-0.15, -0.1) is 11.3 Å². The minimum absolute atomic E-state index is 0.00305. The lowest BCUT2D eigenvalue weighted by molar-refractivity contribution is 0.601. The zero-order chi connectivity index (χ0) is 15.5. The van der Waals surface area contributed by atoms with Gasteiger partial charge >= 0.3 is 0 Å². The third-order valence-electron chi connectivity index (χ3n) is 3.54. The summed E-state index contributed by atoms with van der Waals surface area (Å²) < 4.78 is 15.0. The first-order valence-electron chi connectivity index (χ1n) is 7.14.